The van der Waals surface area contributed by atoms with Crippen molar-refractivity contribution in [3.63, 3.8) is 0 Å². The monoisotopic (exact) mass is 306 g/mol. The lowest BCUT2D eigenvalue weighted by Gasteiger charge is -2.17. The van der Waals surface area contributed by atoms with Crippen LogP contribution >= 0.6 is 9.47 Å². The molecular weight excluding hydrogens is 287 g/mol. The van der Waals surface area contributed by atoms with Crippen LogP contribution < -0.4 is 0 Å². The number of imidazole rings is 1. The molecule has 0 N–H and O–H groups in total. The quantitative estimate of drug-likeness (QED) is 0.338. The standard InChI is InChI=1S/C13H19N6OP/c1-4-5-10(6-20-21)19-9-17-13-11(19)12(14-7-15-13)16-8-18(2)3/h4,7-10H,1,5-6,21H2,2-3H3. The largest absolute Gasteiger partial charge is 0.369 e. The Morgan fingerprint density at radius 2 is 2.29 bits per heavy atom. The van der Waals surface area contributed by atoms with Gasteiger partial charge in [0.15, 0.2) is 11.5 Å². The lowest BCUT2D eigenvalue weighted by atomic mass is 10.2. The summed E-state index contributed by atoms with van der Waals surface area (Å²) in [6.07, 6.45) is 7.52. The van der Waals surface area contributed by atoms with Crippen molar-refractivity contribution in [2.24, 2.45) is 4.99 Å². The van der Waals surface area contributed by atoms with E-state index in [0.717, 1.165) is 11.9 Å². The topological polar surface area (TPSA) is 68.4 Å². The van der Waals surface area contributed by atoms with Crippen LogP contribution in [0, 0.1) is 0 Å². The van der Waals surface area contributed by atoms with Crippen molar-refractivity contribution < 1.29 is 4.52 Å². The molecule has 21 heavy (non-hydrogen) atoms. The predicted octanol–water partition coefficient (Wildman–Crippen LogP) is 1.97. The molecule has 0 aliphatic carbocycles. The molecule has 0 bridgehead atoms. The number of aliphatic imine (C=N–C) groups is 1. The average molecular weight is 306 g/mol. The molecule has 2 atom stereocenters. The Balaban J connectivity index is 2.51. The van der Waals surface area contributed by atoms with Gasteiger partial charge in [0.1, 0.15) is 11.8 Å². The van der Waals surface area contributed by atoms with E-state index in [9.17, 15) is 0 Å². The lowest BCUT2D eigenvalue weighted by molar-refractivity contribution is 0.289. The van der Waals surface area contributed by atoms with E-state index >= 15 is 0 Å². The van der Waals surface area contributed by atoms with Gasteiger partial charge in [-0.3, -0.25) is 0 Å². The predicted molar refractivity (Wildman–Crippen MR) is 86.7 cm³/mol. The first kappa shape index (κ1) is 15.5. The highest BCUT2D eigenvalue weighted by Gasteiger charge is 2.16. The fourth-order valence-corrected chi connectivity index (χ4v) is 2.19. The van der Waals surface area contributed by atoms with Crippen LogP contribution in [0.4, 0.5) is 5.82 Å². The van der Waals surface area contributed by atoms with Crippen molar-refractivity contribution in [2.45, 2.75) is 12.5 Å². The third-order valence-electron chi connectivity index (χ3n) is 2.88. The summed E-state index contributed by atoms with van der Waals surface area (Å²) in [6, 6.07) is 0.0734. The minimum Gasteiger partial charge on any atom is -0.369 e. The summed E-state index contributed by atoms with van der Waals surface area (Å²) in [5, 5.41) is 0. The van der Waals surface area contributed by atoms with Crippen LogP contribution in [0.3, 0.4) is 0 Å². The molecule has 2 aromatic rings. The first-order valence-corrected chi connectivity index (χ1v) is 6.95. The molecule has 7 nitrogen and oxygen atoms in total. The van der Waals surface area contributed by atoms with Gasteiger partial charge in [-0.2, -0.15) is 0 Å². The Bertz CT molecular complexity index is 639. The van der Waals surface area contributed by atoms with Crippen LogP contribution in [-0.2, 0) is 4.52 Å². The molecule has 8 heteroatoms. The molecule has 0 radical (unpaired) electrons. The highest BCUT2D eigenvalue weighted by atomic mass is 31.0. The summed E-state index contributed by atoms with van der Waals surface area (Å²) in [5.74, 6) is 0.587. The van der Waals surface area contributed by atoms with Gasteiger partial charge in [0.25, 0.3) is 0 Å². The van der Waals surface area contributed by atoms with E-state index in [1.165, 1.54) is 6.33 Å². The molecule has 0 aromatic carbocycles. The summed E-state index contributed by atoms with van der Waals surface area (Å²) >= 11 is 0. The van der Waals surface area contributed by atoms with E-state index in [2.05, 4.69) is 36.0 Å². The van der Waals surface area contributed by atoms with E-state index < -0.39 is 0 Å². The normalized spacial score (nSPS) is 12.9. The molecule has 0 aliphatic rings. The van der Waals surface area contributed by atoms with Crippen LogP contribution in [0.2, 0.25) is 0 Å². The minimum atomic E-state index is 0.0734. The highest BCUT2D eigenvalue weighted by molar-refractivity contribution is 7.09. The maximum Gasteiger partial charge on any atom is 0.183 e. The maximum atomic E-state index is 5.20. The third-order valence-corrected chi connectivity index (χ3v) is 3.07. The molecule has 2 rings (SSSR count). The molecule has 0 amide bonds. The second kappa shape index (κ2) is 7.24. The Labute approximate surface area is 126 Å². The third kappa shape index (κ3) is 3.62. The number of hydrogen-bond acceptors (Lipinski definition) is 5. The van der Waals surface area contributed by atoms with Crippen molar-refractivity contribution in [3.8, 4) is 0 Å². The van der Waals surface area contributed by atoms with Crippen molar-refractivity contribution in [3.05, 3.63) is 25.3 Å². The molecule has 0 spiro atoms. The highest BCUT2D eigenvalue weighted by Crippen LogP contribution is 2.26. The fourth-order valence-electron chi connectivity index (χ4n) is 1.97. The molecule has 2 heterocycles. The second-order valence-corrected chi connectivity index (χ2v) is 5.07. The van der Waals surface area contributed by atoms with Gasteiger partial charge in [-0.05, 0) is 6.42 Å². The van der Waals surface area contributed by atoms with Gasteiger partial charge in [0.05, 0.1) is 25.3 Å². The number of hydrogen-bond donors (Lipinski definition) is 0. The first-order valence-electron chi connectivity index (χ1n) is 6.48. The van der Waals surface area contributed by atoms with Crippen LogP contribution in [0.25, 0.3) is 11.2 Å². The van der Waals surface area contributed by atoms with E-state index in [1.807, 2.05) is 29.6 Å². The molecule has 0 saturated carbocycles. The van der Waals surface area contributed by atoms with Crippen LogP contribution in [0.15, 0.2) is 30.3 Å². The summed E-state index contributed by atoms with van der Waals surface area (Å²) in [5.41, 5.74) is 1.42. The van der Waals surface area contributed by atoms with Crippen molar-refractivity contribution in [2.75, 3.05) is 20.7 Å². The molecule has 2 unspecified atom stereocenters. The first-order chi connectivity index (χ1) is 10.2. The fraction of sp³-hybridized carbons (Fsp3) is 0.385. The molecule has 0 saturated heterocycles. The Morgan fingerprint density at radius 1 is 1.48 bits per heavy atom. The zero-order valence-electron chi connectivity index (χ0n) is 12.2. The SMILES string of the molecule is C=CCC(COP)n1cnc2ncnc(N=CN(C)C)c21. The van der Waals surface area contributed by atoms with E-state index in [1.54, 1.807) is 12.7 Å². The second-order valence-electron chi connectivity index (χ2n) is 4.74. The van der Waals surface area contributed by atoms with Gasteiger partial charge >= 0.3 is 0 Å². The zero-order valence-corrected chi connectivity index (χ0v) is 13.3. The molecular formula is C13H19N6OP. The minimum absolute atomic E-state index is 0.0734. The molecule has 0 aliphatic heterocycles. The van der Waals surface area contributed by atoms with E-state index in [0.29, 0.717) is 18.1 Å². The number of aromatic nitrogens is 4. The van der Waals surface area contributed by atoms with Gasteiger partial charge in [0, 0.05) is 23.6 Å². The van der Waals surface area contributed by atoms with Gasteiger partial charge in [-0.1, -0.05) is 6.08 Å². The van der Waals surface area contributed by atoms with Gasteiger partial charge in [-0.25, -0.2) is 19.9 Å². The lowest BCUT2D eigenvalue weighted by Crippen LogP contribution is -2.12. The number of fused-ring (bicyclic) bond motifs is 1. The van der Waals surface area contributed by atoms with E-state index in [-0.39, 0.29) is 6.04 Å². The number of allylic oxidation sites excluding steroid dienone is 1. The van der Waals surface area contributed by atoms with Gasteiger partial charge in [0.2, 0.25) is 0 Å². The Kier molecular flexibility index (Phi) is 5.36. The summed E-state index contributed by atoms with van der Waals surface area (Å²) < 4.78 is 7.19. The number of rotatable bonds is 7. The smallest absolute Gasteiger partial charge is 0.183 e. The molecule has 2 aromatic heterocycles. The Hall–Kier alpha value is -1.85. The van der Waals surface area contributed by atoms with Crippen molar-refractivity contribution in [1.29, 1.82) is 0 Å². The van der Waals surface area contributed by atoms with Gasteiger partial charge < -0.3 is 14.0 Å². The summed E-state index contributed by atoms with van der Waals surface area (Å²) in [7, 11) is 6.08. The number of nitrogens with zero attached hydrogens (tertiary/aromatic N) is 6. The summed E-state index contributed by atoms with van der Waals surface area (Å²) in [4.78, 5) is 19.0. The molecule has 0 fully saturated rings. The maximum absolute atomic E-state index is 5.20. The van der Waals surface area contributed by atoms with Crippen LogP contribution in [0.5, 0.6) is 0 Å². The van der Waals surface area contributed by atoms with Crippen LogP contribution in [0.1, 0.15) is 12.5 Å². The Morgan fingerprint density at radius 3 is 2.95 bits per heavy atom. The van der Waals surface area contributed by atoms with Gasteiger partial charge in [-0.15, -0.1) is 6.58 Å². The van der Waals surface area contributed by atoms with E-state index in [4.69, 9.17) is 4.52 Å². The molecule has 112 valence electrons. The van der Waals surface area contributed by atoms with Crippen molar-refractivity contribution in [1.82, 2.24) is 24.4 Å². The van der Waals surface area contributed by atoms with Crippen LogP contribution in [-0.4, -0.2) is 51.5 Å². The average Bonchev–Trinajstić information content (AvgIpc) is 2.89. The van der Waals surface area contributed by atoms with Crippen molar-refractivity contribution >= 4 is 32.8 Å². The zero-order chi connectivity index (χ0) is 15.2. The summed E-state index contributed by atoms with van der Waals surface area (Å²) in [6.45, 7) is 4.31.